The molecule has 70 valence electrons. The van der Waals surface area contributed by atoms with Crippen molar-refractivity contribution in [2.24, 2.45) is 0 Å². The summed E-state index contributed by atoms with van der Waals surface area (Å²) in [5, 5.41) is 0. The molecule has 1 aliphatic carbocycles. The fourth-order valence-corrected chi connectivity index (χ4v) is 1.11. The molecule has 1 aromatic carbocycles. The number of hydrogen-bond acceptors (Lipinski definition) is 1. The van der Waals surface area contributed by atoms with E-state index in [2.05, 4.69) is 0 Å². The van der Waals surface area contributed by atoms with Gasteiger partial charge in [-0.2, -0.15) is 0 Å². The molecule has 0 bridgehead atoms. The largest absolute Gasteiger partial charge is 0.373 e. The number of ether oxygens (including phenoxy) is 1. The highest BCUT2D eigenvalue weighted by molar-refractivity contribution is 5.18. The van der Waals surface area contributed by atoms with E-state index in [0.29, 0.717) is 0 Å². The van der Waals surface area contributed by atoms with Gasteiger partial charge < -0.3 is 4.74 Å². The van der Waals surface area contributed by atoms with Crippen LogP contribution in [0, 0.1) is 11.6 Å². The maximum absolute atomic E-state index is 13.0. The molecule has 0 N–H and O–H groups in total. The maximum atomic E-state index is 13.0. The summed E-state index contributed by atoms with van der Waals surface area (Å²) in [6.07, 6.45) is 2.24. The summed E-state index contributed by atoms with van der Waals surface area (Å²) in [6, 6.07) is 3.84. The van der Waals surface area contributed by atoms with Gasteiger partial charge in [-0.1, -0.05) is 6.07 Å². The van der Waals surface area contributed by atoms with Crippen LogP contribution in [0.2, 0.25) is 0 Å². The van der Waals surface area contributed by atoms with E-state index in [0.717, 1.165) is 12.8 Å². The van der Waals surface area contributed by atoms with E-state index in [-0.39, 0.29) is 18.3 Å². The van der Waals surface area contributed by atoms with Crippen molar-refractivity contribution in [1.82, 2.24) is 0 Å². The highest BCUT2D eigenvalue weighted by Crippen LogP contribution is 2.25. The summed E-state index contributed by atoms with van der Waals surface area (Å²) in [5.74, 6) is -1.05. The molecule has 0 amide bonds. The Morgan fingerprint density at radius 3 is 2.38 bits per heavy atom. The smallest absolute Gasteiger partial charge is 0.131 e. The minimum Gasteiger partial charge on any atom is -0.373 e. The average Bonchev–Trinajstić information content (AvgIpc) is 2.87. The summed E-state index contributed by atoms with van der Waals surface area (Å²) in [6.45, 7) is 0.0448. The van der Waals surface area contributed by atoms with E-state index in [9.17, 15) is 8.78 Å². The fraction of sp³-hybridized carbons (Fsp3) is 0.400. The Morgan fingerprint density at radius 2 is 1.85 bits per heavy atom. The van der Waals surface area contributed by atoms with Crippen LogP contribution >= 0.6 is 0 Å². The third-order valence-electron chi connectivity index (χ3n) is 2.05. The first-order valence-electron chi connectivity index (χ1n) is 4.32. The second kappa shape index (κ2) is 3.42. The van der Waals surface area contributed by atoms with Gasteiger partial charge in [0.15, 0.2) is 0 Å². The van der Waals surface area contributed by atoms with Crippen molar-refractivity contribution in [3.63, 3.8) is 0 Å². The highest BCUT2D eigenvalue weighted by Gasteiger charge is 2.23. The molecule has 0 saturated heterocycles. The van der Waals surface area contributed by atoms with Crippen molar-refractivity contribution in [1.29, 1.82) is 0 Å². The number of benzene rings is 1. The van der Waals surface area contributed by atoms with Gasteiger partial charge in [-0.25, -0.2) is 8.78 Å². The molecule has 0 aromatic heterocycles. The second-order valence-corrected chi connectivity index (χ2v) is 3.21. The van der Waals surface area contributed by atoms with Gasteiger partial charge in [0, 0.05) is 5.56 Å². The first-order valence-corrected chi connectivity index (χ1v) is 4.32. The van der Waals surface area contributed by atoms with E-state index in [1.54, 1.807) is 0 Å². The van der Waals surface area contributed by atoms with Crippen molar-refractivity contribution < 1.29 is 13.5 Å². The molecule has 0 radical (unpaired) electrons. The lowest BCUT2D eigenvalue weighted by Crippen LogP contribution is -2.00. The monoisotopic (exact) mass is 184 g/mol. The number of halogens is 2. The van der Waals surface area contributed by atoms with Gasteiger partial charge in [-0.05, 0) is 25.0 Å². The van der Waals surface area contributed by atoms with Gasteiger partial charge >= 0.3 is 0 Å². The molecule has 2 rings (SSSR count). The van der Waals surface area contributed by atoms with Crippen LogP contribution in [0.15, 0.2) is 18.2 Å². The Balaban J connectivity index is 2.07. The van der Waals surface area contributed by atoms with Crippen molar-refractivity contribution >= 4 is 0 Å². The van der Waals surface area contributed by atoms with Crippen LogP contribution in [0.1, 0.15) is 18.4 Å². The van der Waals surface area contributed by atoms with Crippen LogP contribution < -0.4 is 0 Å². The number of rotatable bonds is 3. The quantitative estimate of drug-likeness (QED) is 0.701. The summed E-state index contributed by atoms with van der Waals surface area (Å²) < 4.78 is 31.2. The first-order chi connectivity index (χ1) is 6.27. The summed E-state index contributed by atoms with van der Waals surface area (Å²) in [4.78, 5) is 0. The van der Waals surface area contributed by atoms with Gasteiger partial charge in [0.25, 0.3) is 0 Å². The Bertz CT molecular complexity index is 288. The minimum absolute atomic E-state index is 0.0365. The van der Waals surface area contributed by atoms with Crippen molar-refractivity contribution in [2.75, 3.05) is 0 Å². The van der Waals surface area contributed by atoms with E-state index >= 15 is 0 Å². The minimum atomic E-state index is -0.527. The van der Waals surface area contributed by atoms with E-state index in [4.69, 9.17) is 4.74 Å². The zero-order valence-electron chi connectivity index (χ0n) is 7.09. The maximum Gasteiger partial charge on any atom is 0.131 e. The van der Waals surface area contributed by atoms with E-state index in [1.165, 1.54) is 18.2 Å². The molecule has 1 aliphatic rings. The third kappa shape index (κ3) is 2.04. The fourth-order valence-electron chi connectivity index (χ4n) is 1.11. The summed E-state index contributed by atoms with van der Waals surface area (Å²) in [7, 11) is 0. The Morgan fingerprint density at radius 1 is 1.23 bits per heavy atom. The normalized spacial score (nSPS) is 16.2. The Kier molecular flexibility index (Phi) is 2.27. The SMILES string of the molecule is Fc1cccc(F)c1COC1CC1. The molecular weight excluding hydrogens is 174 g/mol. The first kappa shape index (κ1) is 8.63. The highest BCUT2D eigenvalue weighted by atomic mass is 19.1. The van der Waals surface area contributed by atoms with Crippen LogP contribution in [0.4, 0.5) is 8.78 Å². The lowest BCUT2D eigenvalue weighted by Gasteiger charge is -2.04. The molecule has 1 fully saturated rings. The molecule has 1 nitrogen and oxygen atoms in total. The van der Waals surface area contributed by atoms with Crippen LogP contribution in [-0.2, 0) is 11.3 Å². The molecule has 1 aromatic rings. The van der Waals surface area contributed by atoms with Crippen molar-refractivity contribution in [3.8, 4) is 0 Å². The van der Waals surface area contributed by atoms with Crippen molar-refractivity contribution in [2.45, 2.75) is 25.6 Å². The van der Waals surface area contributed by atoms with E-state index < -0.39 is 11.6 Å². The molecular formula is C10H10F2O. The van der Waals surface area contributed by atoms with Crippen LogP contribution in [0.25, 0.3) is 0 Å². The van der Waals surface area contributed by atoms with Gasteiger partial charge in [0.1, 0.15) is 11.6 Å². The molecule has 3 heteroatoms. The standard InChI is InChI=1S/C10H10F2O/c11-9-2-1-3-10(12)8(9)6-13-7-4-5-7/h1-3,7H,4-6H2. The zero-order chi connectivity index (χ0) is 9.26. The lowest BCUT2D eigenvalue weighted by atomic mass is 10.2. The average molecular weight is 184 g/mol. The van der Waals surface area contributed by atoms with Crippen LogP contribution in [-0.4, -0.2) is 6.10 Å². The van der Waals surface area contributed by atoms with Gasteiger partial charge in [-0.3, -0.25) is 0 Å². The predicted octanol–water partition coefficient (Wildman–Crippen LogP) is 2.64. The molecule has 0 spiro atoms. The molecule has 13 heavy (non-hydrogen) atoms. The van der Waals surface area contributed by atoms with Gasteiger partial charge in [0.05, 0.1) is 12.7 Å². The molecule has 0 aliphatic heterocycles. The molecule has 0 heterocycles. The number of hydrogen-bond donors (Lipinski definition) is 0. The third-order valence-corrected chi connectivity index (χ3v) is 2.05. The summed E-state index contributed by atoms with van der Waals surface area (Å²) in [5.41, 5.74) is 0.0365. The van der Waals surface area contributed by atoms with Crippen molar-refractivity contribution in [3.05, 3.63) is 35.4 Å². The summed E-state index contributed by atoms with van der Waals surface area (Å²) >= 11 is 0. The van der Waals surface area contributed by atoms with Crippen LogP contribution in [0.3, 0.4) is 0 Å². The van der Waals surface area contributed by atoms with Gasteiger partial charge in [-0.15, -0.1) is 0 Å². The Labute approximate surface area is 75.3 Å². The molecule has 1 saturated carbocycles. The zero-order valence-corrected chi connectivity index (χ0v) is 7.09. The Hall–Kier alpha value is -0.960. The predicted molar refractivity (Wildman–Crippen MR) is 44.2 cm³/mol. The topological polar surface area (TPSA) is 9.23 Å². The van der Waals surface area contributed by atoms with Crippen LogP contribution in [0.5, 0.6) is 0 Å². The van der Waals surface area contributed by atoms with Gasteiger partial charge in [0.2, 0.25) is 0 Å². The van der Waals surface area contributed by atoms with E-state index in [1.807, 2.05) is 0 Å². The molecule has 0 unspecified atom stereocenters. The molecule has 0 atom stereocenters. The lowest BCUT2D eigenvalue weighted by molar-refractivity contribution is 0.101. The second-order valence-electron chi connectivity index (χ2n) is 3.21.